The molecule has 0 aliphatic rings. The molecule has 0 spiro atoms. The summed E-state index contributed by atoms with van der Waals surface area (Å²) in [7, 11) is -3.17. The summed E-state index contributed by atoms with van der Waals surface area (Å²) in [4.78, 5) is 25.3. The molecule has 2 aromatic heterocycles. The second kappa shape index (κ2) is 12.8. The van der Waals surface area contributed by atoms with Gasteiger partial charge in [0.2, 0.25) is 0 Å². The molecular formula is C27H41N6O4P. The van der Waals surface area contributed by atoms with Gasteiger partial charge in [-0.3, -0.25) is 9.88 Å². The standard InChI is InChI=1S/C27H41N6O4P/c1-7-12-36-26(34)27(5,6)15-38(35,32-13-21-8-10-22(11-9-21)19(2)3)18-37-20(4)14-33-17-31-23-24(28)29-16-30-25(23)33/h8-11,16-17,19-20H,7,12-15,18H2,1-6H3,(H,32,35)(H2,28,29,30)/t20-,38?/m1/s1. The third-order valence-corrected chi connectivity index (χ3v) is 8.91. The van der Waals surface area contributed by atoms with E-state index in [1.54, 1.807) is 20.2 Å². The van der Waals surface area contributed by atoms with E-state index >= 15 is 0 Å². The Morgan fingerprint density at radius 2 is 1.87 bits per heavy atom. The number of rotatable bonds is 14. The third kappa shape index (κ3) is 7.85. The van der Waals surface area contributed by atoms with Crippen LogP contribution in [0.4, 0.5) is 5.82 Å². The lowest BCUT2D eigenvalue weighted by Crippen LogP contribution is -2.34. The van der Waals surface area contributed by atoms with Gasteiger partial charge >= 0.3 is 5.97 Å². The zero-order valence-electron chi connectivity index (χ0n) is 23.3. The second-order valence-electron chi connectivity index (χ2n) is 10.7. The van der Waals surface area contributed by atoms with Gasteiger partial charge in [0.05, 0.1) is 31.0 Å². The highest BCUT2D eigenvalue weighted by Gasteiger charge is 2.38. The maximum Gasteiger partial charge on any atom is 0.312 e. The van der Waals surface area contributed by atoms with E-state index in [1.807, 2.05) is 30.5 Å². The molecule has 3 N–H and O–H groups in total. The molecule has 1 unspecified atom stereocenters. The Balaban J connectivity index is 1.72. The van der Waals surface area contributed by atoms with Gasteiger partial charge in [0.15, 0.2) is 18.8 Å². The number of nitrogens with two attached hydrogens (primary N) is 1. The molecule has 0 saturated carbocycles. The first kappa shape index (κ1) is 29.7. The molecule has 0 amide bonds. The Kier molecular flexibility index (Phi) is 10.0. The fourth-order valence-corrected chi connectivity index (χ4v) is 6.77. The molecule has 2 atom stereocenters. The molecule has 0 saturated heterocycles. The van der Waals surface area contributed by atoms with Crippen molar-refractivity contribution in [3.8, 4) is 0 Å². The maximum absolute atomic E-state index is 14.2. The van der Waals surface area contributed by atoms with E-state index in [1.165, 1.54) is 11.9 Å². The van der Waals surface area contributed by atoms with E-state index in [9.17, 15) is 9.36 Å². The van der Waals surface area contributed by atoms with E-state index in [0.29, 0.717) is 42.6 Å². The number of aromatic nitrogens is 4. The summed E-state index contributed by atoms with van der Waals surface area (Å²) in [5.74, 6) is 0.385. The van der Waals surface area contributed by atoms with Crippen LogP contribution in [0, 0.1) is 5.41 Å². The van der Waals surface area contributed by atoms with Crippen molar-refractivity contribution in [3.05, 3.63) is 48.0 Å². The van der Waals surface area contributed by atoms with Crippen molar-refractivity contribution >= 4 is 30.2 Å². The number of ether oxygens (including phenoxy) is 2. The summed E-state index contributed by atoms with van der Waals surface area (Å²) in [5.41, 5.74) is 8.34. The Bertz CT molecular complexity index is 1260. The lowest BCUT2D eigenvalue weighted by Gasteiger charge is -2.29. The number of nitrogens with one attached hydrogen (secondary N) is 1. The lowest BCUT2D eigenvalue weighted by atomic mass is 9.97. The van der Waals surface area contributed by atoms with E-state index in [4.69, 9.17) is 15.2 Å². The molecule has 38 heavy (non-hydrogen) atoms. The SMILES string of the molecule is CCCOC(=O)C(C)(C)CP(=O)(CO[C@H](C)Cn1cnc2c(N)ncnc21)NCc1ccc(C(C)C)cc1. The van der Waals surface area contributed by atoms with Crippen molar-refractivity contribution in [1.29, 1.82) is 0 Å². The number of fused-ring (bicyclic) bond motifs is 1. The molecule has 2 heterocycles. The van der Waals surface area contributed by atoms with Crippen molar-refractivity contribution in [3.63, 3.8) is 0 Å². The number of anilines is 1. The highest BCUT2D eigenvalue weighted by molar-refractivity contribution is 7.61. The molecule has 3 aromatic rings. The lowest BCUT2D eigenvalue weighted by molar-refractivity contribution is -0.152. The van der Waals surface area contributed by atoms with E-state index in [-0.39, 0.29) is 24.6 Å². The molecule has 1 aromatic carbocycles. The van der Waals surface area contributed by atoms with Gasteiger partial charge in [0, 0.05) is 12.7 Å². The van der Waals surface area contributed by atoms with Gasteiger partial charge in [-0.25, -0.2) is 15.0 Å². The summed E-state index contributed by atoms with van der Waals surface area (Å²) in [6.07, 6.45) is 3.53. The Labute approximate surface area is 225 Å². The van der Waals surface area contributed by atoms with E-state index < -0.39 is 12.7 Å². The predicted octanol–water partition coefficient (Wildman–Crippen LogP) is 4.94. The summed E-state index contributed by atoms with van der Waals surface area (Å²) in [6.45, 7) is 12.8. The first-order valence-corrected chi connectivity index (χ1v) is 15.1. The minimum absolute atomic E-state index is 0.0352. The third-order valence-electron chi connectivity index (χ3n) is 6.31. The van der Waals surface area contributed by atoms with Crippen LogP contribution >= 0.6 is 7.29 Å². The highest BCUT2D eigenvalue weighted by atomic mass is 31.2. The number of carbonyl (C=O) groups is 1. The number of esters is 1. The average molecular weight is 545 g/mol. The van der Waals surface area contributed by atoms with Gasteiger partial charge in [-0.05, 0) is 44.2 Å². The largest absolute Gasteiger partial charge is 0.465 e. The normalized spacial score (nSPS) is 14.5. The molecule has 11 heteroatoms. The number of hydrogen-bond donors (Lipinski definition) is 2. The van der Waals surface area contributed by atoms with Gasteiger partial charge in [0.1, 0.15) is 18.2 Å². The molecule has 0 aliphatic carbocycles. The highest BCUT2D eigenvalue weighted by Crippen LogP contribution is 2.47. The fourth-order valence-electron chi connectivity index (χ4n) is 4.11. The van der Waals surface area contributed by atoms with Crippen LogP contribution in [0.15, 0.2) is 36.9 Å². The minimum atomic E-state index is -3.17. The van der Waals surface area contributed by atoms with Crippen LogP contribution in [0.3, 0.4) is 0 Å². The van der Waals surface area contributed by atoms with Crippen LogP contribution in [-0.2, 0) is 31.9 Å². The molecule has 3 rings (SSSR count). The van der Waals surface area contributed by atoms with Crippen LogP contribution in [0.25, 0.3) is 11.2 Å². The molecule has 0 fully saturated rings. The molecule has 0 bridgehead atoms. The van der Waals surface area contributed by atoms with Crippen LogP contribution in [-0.4, -0.2) is 50.7 Å². The van der Waals surface area contributed by atoms with Gasteiger partial charge in [-0.2, -0.15) is 0 Å². The number of hydrogen-bond acceptors (Lipinski definition) is 8. The zero-order chi connectivity index (χ0) is 27.9. The average Bonchev–Trinajstić information content (AvgIpc) is 3.28. The first-order valence-electron chi connectivity index (χ1n) is 13.1. The predicted molar refractivity (Wildman–Crippen MR) is 150 cm³/mol. The number of nitrogen functional groups attached to an aromatic ring is 1. The monoisotopic (exact) mass is 544 g/mol. The van der Waals surface area contributed by atoms with Gasteiger partial charge in [-0.15, -0.1) is 0 Å². The molecular weight excluding hydrogens is 503 g/mol. The van der Waals surface area contributed by atoms with Gasteiger partial charge in [-0.1, -0.05) is 45.0 Å². The first-order chi connectivity index (χ1) is 17.9. The number of carbonyl (C=O) groups excluding carboxylic acids is 1. The molecule has 0 aliphatic heterocycles. The quantitative estimate of drug-likeness (QED) is 0.214. The summed E-state index contributed by atoms with van der Waals surface area (Å²) in [5, 5.41) is 3.25. The fraction of sp³-hybridized carbons (Fsp3) is 0.556. The van der Waals surface area contributed by atoms with Crippen LogP contribution in [0.1, 0.15) is 65.0 Å². The topological polar surface area (TPSA) is 134 Å². The van der Waals surface area contributed by atoms with Gasteiger partial charge < -0.3 is 24.3 Å². The summed E-state index contributed by atoms with van der Waals surface area (Å²) < 4.78 is 27.5. The van der Waals surface area contributed by atoms with E-state index in [0.717, 1.165) is 12.0 Å². The van der Waals surface area contributed by atoms with Crippen molar-refractivity contribution in [2.24, 2.45) is 5.41 Å². The number of nitrogens with zero attached hydrogens (tertiary/aromatic N) is 4. The van der Waals surface area contributed by atoms with Crippen LogP contribution in [0.5, 0.6) is 0 Å². The Morgan fingerprint density at radius 1 is 1.16 bits per heavy atom. The number of imidazole rings is 1. The minimum Gasteiger partial charge on any atom is -0.465 e. The van der Waals surface area contributed by atoms with Gasteiger partial charge in [0.25, 0.3) is 0 Å². The van der Waals surface area contributed by atoms with Crippen molar-refractivity contribution < 1.29 is 18.8 Å². The smallest absolute Gasteiger partial charge is 0.312 e. The van der Waals surface area contributed by atoms with Crippen molar-refractivity contribution in [1.82, 2.24) is 24.6 Å². The van der Waals surface area contributed by atoms with Crippen molar-refractivity contribution in [2.45, 2.75) is 73.1 Å². The number of benzene rings is 1. The van der Waals surface area contributed by atoms with Crippen molar-refractivity contribution in [2.75, 3.05) is 24.9 Å². The maximum atomic E-state index is 14.2. The molecule has 10 nitrogen and oxygen atoms in total. The van der Waals surface area contributed by atoms with Crippen LogP contribution < -0.4 is 10.8 Å². The Hall–Kier alpha value is -2.81. The summed E-state index contributed by atoms with van der Waals surface area (Å²) >= 11 is 0. The molecule has 0 radical (unpaired) electrons. The van der Waals surface area contributed by atoms with E-state index in [2.05, 4.69) is 46.0 Å². The van der Waals surface area contributed by atoms with Crippen LogP contribution in [0.2, 0.25) is 0 Å². The molecule has 208 valence electrons. The zero-order valence-corrected chi connectivity index (χ0v) is 24.2. The second-order valence-corrected chi connectivity index (χ2v) is 13.4. The Morgan fingerprint density at radius 3 is 2.53 bits per heavy atom. The summed E-state index contributed by atoms with van der Waals surface area (Å²) in [6, 6.07) is 8.25.